The van der Waals surface area contributed by atoms with Crippen molar-refractivity contribution in [3.63, 3.8) is 0 Å². The molecule has 1 atom stereocenters. The third-order valence-electron chi connectivity index (χ3n) is 4.65. The fourth-order valence-corrected chi connectivity index (χ4v) is 4.73. The third-order valence-corrected chi connectivity index (χ3v) is 7.14. The van der Waals surface area contributed by atoms with Crippen LogP contribution in [-0.2, 0) is 9.59 Å². The van der Waals surface area contributed by atoms with Crippen LogP contribution in [0.2, 0.25) is 0 Å². The summed E-state index contributed by atoms with van der Waals surface area (Å²) >= 11 is 0. The van der Waals surface area contributed by atoms with Crippen LogP contribution in [0.25, 0.3) is 0 Å². The van der Waals surface area contributed by atoms with Gasteiger partial charge >= 0.3 is 0 Å². The molecule has 0 aliphatic rings. The van der Waals surface area contributed by atoms with Crippen LogP contribution in [-0.4, -0.2) is 35.8 Å². The Kier molecular flexibility index (Phi) is 25.0. The van der Waals surface area contributed by atoms with Gasteiger partial charge in [0.05, 0.1) is 6.04 Å². The molecule has 1 amide bonds. The summed E-state index contributed by atoms with van der Waals surface area (Å²) < 4.78 is 0. The second kappa shape index (κ2) is 26.1. The first kappa shape index (κ1) is 32.5. The first-order valence-electron chi connectivity index (χ1n) is 12.6. The first-order valence-corrected chi connectivity index (χ1v) is 15.1. The molecule has 0 radical (unpaired) electrons. The molecule has 34 heavy (non-hydrogen) atoms. The van der Waals surface area contributed by atoms with Gasteiger partial charge in [-0.1, -0.05) is 89.3 Å². The zero-order valence-electron chi connectivity index (χ0n) is 21.3. The lowest BCUT2D eigenvalue weighted by Gasteiger charge is -2.06. The van der Waals surface area contributed by atoms with Gasteiger partial charge < -0.3 is 11.1 Å². The summed E-state index contributed by atoms with van der Waals surface area (Å²) in [7, 11) is 3.49. The molecule has 0 rings (SSSR count). The van der Waals surface area contributed by atoms with Crippen molar-refractivity contribution < 1.29 is 9.59 Å². The molecular weight excluding hydrogens is 460 g/mol. The number of unbranched alkanes of at least 4 members (excludes halogenated alkanes) is 1. The van der Waals surface area contributed by atoms with E-state index < -0.39 is 6.04 Å². The summed E-state index contributed by atoms with van der Waals surface area (Å²) in [5.74, 6) is 2.07. The third kappa shape index (κ3) is 25.1. The Morgan fingerprint density at radius 2 is 1.26 bits per heavy atom. The molecule has 0 aliphatic heterocycles. The normalized spacial score (nSPS) is 13.3. The second-order valence-electron chi connectivity index (χ2n) is 7.97. The van der Waals surface area contributed by atoms with Gasteiger partial charge in [-0.25, -0.2) is 0 Å². The highest BCUT2D eigenvalue weighted by Gasteiger charge is 2.05. The minimum atomic E-state index is -0.454. The van der Waals surface area contributed by atoms with E-state index in [1.165, 1.54) is 0 Å². The van der Waals surface area contributed by atoms with Crippen molar-refractivity contribution in [1.29, 1.82) is 0 Å². The average Bonchev–Trinajstić information content (AvgIpc) is 2.82. The van der Waals surface area contributed by atoms with E-state index >= 15 is 0 Å². The number of amides is 1. The van der Waals surface area contributed by atoms with E-state index in [2.05, 4.69) is 73.0 Å². The van der Waals surface area contributed by atoms with Crippen molar-refractivity contribution in [3.8, 4) is 0 Å². The Labute approximate surface area is 216 Å². The molecule has 6 heteroatoms. The monoisotopic (exact) mass is 506 g/mol. The van der Waals surface area contributed by atoms with E-state index in [4.69, 9.17) is 5.73 Å². The topological polar surface area (TPSA) is 72.2 Å². The van der Waals surface area contributed by atoms with Gasteiger partial charge in [0.25, 0.3) is 0 Å². The largest absolute Gasteiger partial charge is 0.354 e. The second-order valence-corrected chi connectivity index (χ2v) is 10.7. The first-order chi connectivity index (χ1) is 16.6. The highest BCUT2D eigenvalue weighted by atomic mass is 33.1. The van der Waals surface area contributed by atoms with E-state index in [1.54, 1.807) is 28.5 Å². The maximum Gasteiger partial charge on any atom is 0.236 e. The van der Waals surface area contributed by atoms with Gasteiger partial charge in [-0.05, 0) is 58.3 Å². The smallest absolute Gasteiger partial charge is 0.236 e. The highest BCUT2D eigenvalue weighted by molar-refractivity contribution is 8.76. The zero-order valence-corrected chi connectivity index (χ0v) is 22.9. The average molecular weight is 507 g/mol. The standard InChI is InChI=1S/C28H46N2O2S2/c1-3-4-5-6-7-8-9-10-11-12-13-14-15-16-17-18-19-21-27(31)22-20-24-33-34-25-23-30-28(32)26(2)29/h4-5,7-8,10-11,13-14,16-17,26H,3,6,9,12,15,18-25,29H2,1-2H3,(H,30,32)/b5-4-,8-7-,11-10-,14-13-,17-16-/t26-/m0/s1. The van der Waals surface area contributed by atoms with Gasteiger partial charge in [0.1, 0.15) is 5.78 Å². The van der Waals surface area contributed by atoms with Crippen LogP contribution in [0, 0.1) is 0 Å². The Balaban J connectivity index is 3.48. The summed E-state index contributed by atoms with van der Waals surface area (Å²) in [5.41, 5.74) is 5.49. The molecule has 0 bridgehead atoms. The number of nitrogens with one attached hydrogen (secondary N) is 1. The maximum absolute atomic E-state index is 12.0. The molecule has 0 aromatic carbocycles. The van der Waals surface area contributed by atoms with E-state index in [9.17, 15) is 9.59 Å². The van der Waals surface area contributed by atoms with Crippen molar-refractivity contribution in [2.45, 2.75) is 84.1 Å². The van der Waals surface area contributed by atoms with Crippen molar-refractivity contribution in [3.05, 3.63) is 60.8 Å². The summed E-state index contributed by atoms with van der Waals surface area (Å²) in [6.45, 7) is 4.46. The molecule has 0 aromatic rings. The fraction of sp³-hybridized carbons (Fsp3) is 0.571. The van der Waals surface area contributed by atoms with Gasteiger partial charge in [0, 0.05) is 30.9 Å². The van der Waals surface area contributed by atoms with Crippen LogP contribution in [0.1, 0.15) is 78.1 Å². The predicted molar refractivity (Wildman–Crippen MR) is 154 cm³/mol. The Bertz CT molecular complexity index is 653. The molecule has 0 saturated heterocycles. The lowest BCUT2D eigenvalue weighted by Crippen LogP contribution is -2.39. The number of hydrogen-bond donors (Lipinski definition) is 2. The molecule has 192 valence electrons. The van der Waals surface area contributed by atoms with Gasteiger partial charge in [0.15, 0.2) is 0 Å². The summed E-state index contributed by atoms with van der Waals surface area (Å²) in [5, 5.41) is 2.79. The molecule has 0 spiro atoms. The van der Waals surface area contributed by atoms with Gasteiger partial charge in [-0.3, -0.25) is 9.59 Å². The molecule has 0 aromatic heterocycles. The van der Waals surface area contributed by atoms with Crippen molar-refractivity contribution in [2.24, 2.45) is 5.73 Å². The predicted octanol–water partition coefficient (Wildman–Crippen LogP) is 7.10. The van der Waals surface area contributed by atoms with Crippen molar-refractivity contribution in [2.75, 3.05) is 18.1 Å². The molecule has 0 saturated carbocycles. The molecular formula is C28H46N2O2S2. The van der Waals surface area contributed by atoms with E-state index in [-0.39, 0.29) is 5.91 Å². The minimum Gasteiger partial charge on any atom is -0.354 e. The number of carbonyl (C=O) groups is 2. The lowest BCUT2D eigenvalue weighted by molar-refractivity contribution is -0.122. The number of rotatable bonds is 22. The molecule has 3 N–H and O–H groups in total. The number of Topliss-reactive ketones (excluding diaryl/α,β-unsaturated/α-hetero) is 1. The van der Waals surface area contributed by atoms with Crippen LogP contribution < -0.4 is 11.1 Å². The van der Waals surface area contributed by atoms with Crippen molar-refractivity contribution >= 4 is 33.3 Å². The Hall–Kier alpha value is -1.50. The number of ketones is 1. The van der Waals surface area contributed by atoms with E-state index in [0.717, 1.165) is 62.9 Å². The van der Waals surface area contributed by atoms with E-state index in [0.29, 0.717) is 25.2 Å². The zero-order chi connectivity index (χ0) is 25.1. The molecule has 0 heterocycles. The van der Waals surface area contributed by atoms with Gasteiger partial charge in [-0.2, -0.15) is 0 Å². The maximum atomic E-state index is 12.0. The Morgan fingerprint density at radius 3 is 1.82 bits per heavy atom. The number of nitrogens with two attached hydrogens (primary N) is 1. The highest BCUT2D eigenvalue weighted by Crippen LogP contribution is 2.22. The summed E-state index contributed by atoms with van der Waals surface area (Å²) in [6, 6.07) is -0.454. The van der Waals surface area contributed by atoms with Crippen LogP contribution in [0.15, 0.2) is 60.8 Å². The van der Waals surface area contributed by atoms with Gasteiger partial charge in [0.2, 0.25) is 5.91 Å². The minimum absolute atomic E-state index is 0.110. The SMILES string of the molecule is CC/C=C\C/C=C\C/C=C\C/C=C\C/C=C\CCCC(=O)CCCSSCCNC(=O)[C@H](C)N. The van der Waals surface area contributed by atoms with E-state index in [1.807, 2.05) is 0 Å². The summed E-state index contributed by atoms with van der Waals surface area (Å²) in [6.07, 6.45) is 31.2. The molecule has 0 unspecified atom stereocenters. The lowest BCUT2D eigenvalue weighted by atomic mass is 10.1. The quantitative estimate of drug-likeness (QED) is 0.0930. The summed E-state index contributed by atoms with van der Waals surface area (Å²) in [4.78, 5) is 23.3. The van der Waals surface area contributed by atoms with Crippen molar-refractivity contribution in [1.82, 2.24) is 5.32 Å². The van der Waals surface area contributed by atoms with Crippen LogP contribution in [0.4, 0.5) is 0 Å². The molecule has 0 fully saturated rings. The fourth-order valence-electron chi connectivity index (χ4n) is 2.73. The molecule has 4 nitrogen and oxygen atoms in total. The van der Waals surface area contributed by atoms with Gasteiger partial charge in [-0.15, -0.1) is 0 Å². The Morgan fingerprint density at radius 1 is 0.765 bits per heavy atom. The number of carbonyl (C=O) groups excluding carboxylic acids is 2. The number of hydrogen-bond acceptors (Lipinski definition) is 5. The van der Waals surface area contributed by atoms with Crippen LogP contribution in [0.3, 0.4) is 0 Å². The van der Waals surface area contributed by atoms with Crippen LogP contribution >= 0.6 is 21.6 Å². The molecule has 0 aliphatic carbocycles. The number of allylic oxidation sites excluding steroid dienone is 10. The van der Waals surface area contributed by atoms with Crippen LogP contribution in [0.5, 0.6) is 0 Å².